The summed E-state index contributed by atoms with van der Waals surface area (Å²) in [7, 11) is 4.21. The molecule has 0 fully saturated rings. The molecule has 0 saturated carbocycles. The summed E-state index contributed by atoms with van der Waals surface area (Å²) in [6.07, 6.45) is 0. The molecule has 0 aliphatic carbocycles. The zero-order chi connectivity index (χ0) is 17.2. The minimum atomic E-state index is 1.24. The van der Waals surface area contributed by atoms with Crippen LogP contribution in [0.15, 0.2) is 91.0 Å². The van der Waals surface area contributed by atoms with Crippen LogP contribution in [0.2, 0.25) is 0 Å². The van der Waals surface area contributed by atoms with E-state index in [9.17, 15) is 0 Å². The van der Waals surface area contributed by atoms with E-state index < -0.39 is 0 Å². The van der Waals surface area contributed by atoms with Gasteiger partial charge < -0.3 is 4.90 Å². The van der Waals surface area contributed by atoms with Crippen LogP contribution >= 0.6 is 0 Å². The second-order valence-corrected chi connectivity index (χ2v) is 6.52. The standard InChI is InChI=1S/C24H21N/c1-25(2)23-16-15-19-11-6-7-14-22(19)24(23)21-13-8-12-20(17-21)18-9-4-3-5-10-18/h3-17H,1-2H3. The zero-order valence-electron chi connectivity index (χ0n) is 14.6. The fourth-order valence-corrected chi connectivity index (χ4v) is 3.42. The van der Waals surface area contributed by atoms with Gasteiger partial charge in [-0.2, -0.15) is 0 Å². The van der Waals surface area contributed by atoms with Gasteiger partial charge in [-0.1, -0.05) is 78.9 Å². The van der Waals surface area contributed by atoms with Gasteiger partial charge in [-0.15, -0.1) is 0 Å². The normalized spacial score (nSPS) is 10.8. The first kappa shape index (κ1) is 15.5. The molecule has 0 aliphatic rings. The lowest BCUT2D eigenvalue weighted by Gasteiger charge is -2.20. The van der Waals surface area contributed by atoms with Gasteiger partial charge in [0.05, 0.1) is 0 Å². The number of nitrogens with zero attached hydrogens (tertiary/aromatic N) is 1. The summed E-state index contributed by atoms with van der Waals surface area (Å²) < 4.78 is 0. The molecule has 0 radical (unpaired) electrons. The van der Waals surface area contributed by atoms with Crippen LogP contribution in [0.5, 0.6) is 0 Å². The molecule has 0 unspecified atom stereocenters. The Morgan fingerprint density at radius 2 is 1.24 bits per heavy atom. The molecule has 0 saturated heterocycles. The van der Waals surface area contributed by atoms with Crippen LogP contribution in [0.1, 0.15) is 0 Å². The summed E-state index contributed by atoms with van der Waals surface area (Å²) in [5, 5.41) is 2.56. The Bertz CT molecular complexity index is 1020. The maximum Gasteiger partial charge on any atom is 0.0447 e. The SMILES string of the molecule is CN(C)c1ccc2ccccc2c1-c1cccc(-c2ccccc2)c1. The minimum absolute atomic E-state index is 1.24. The van der Waals surface area contributed by atoms with Crippen molar-refractivity contribution in [3.8, 4) is 22.3 Å². The van der Waals surface area contributed by atoms with E-state index in [2.05, 4.69) is 110 Å². The van der Waals surface area contributed by atoms with Crippen LogP contribution in [-0.2, 0) is 0 Å². The third-order valence-electron chi connectivity index (χ3n) is 4.65. The summed E-state index contributed by atoms with van der Waals surface area (Å²) in [5.41, 5.74) is 6.28. The van der Waals surface area contributed by atoms with Crippen molar-refractivity contribution in [2.24, 2.45) is 0 Å². The molecule has 0 spiro atoms. The molecule has 25 heavy (non-hydrogen) atoms. The molecule has 1 nitrogen and oxygen atoms in total. The fraction of sp³-hybridized carbons (Fsp3) is 0.0833. The van der Waals surface area contributed by atoms with Crippen molar-refractivity contribution in [3.63, 3.8) is 0 Å². The van der Waals surface area contributed by atoms with E-state index in [4.69, 9.17) is 0 Å². The number of anilines is 1. The van der Waals surface area contributed by atoms with Crippen molar-refractivity contribution in [1.82, 2.24) is 0 Å². The van der Waals surface area contributed by atoms with Crippen molar-refractivity contribution in [2.45, 2.75) is 0 Å². The molecule has 0 aromatic heterocycles. The zero-order valence-corrected chi connectivity index (χ0v) is 14.6. The van der Waals surface area contributed by atoms with Crippen molar-refractivity contribution in [2.75, 3.05) is 19.0 Å². The predicted molar refractivity (Wildman–Crippen MR) is 109 cm³/mol. The average Bonchev–Trinajstić information content (AvgIpc) is 2.67. The molecule has 0 bridgehead atoms. The Hall–Kier alpha value is -3.06. The van der Waals surface area contributed by atoms with E-state index >= 15 is 0 Å². The first-order valence-electron chi connectivity index (χ1n) is 8.59. The fourth-order valence-electron chi connectivity index (χ4n) is 3.42. The van der Waals surface area contributed by atoms with Crippen molar-refractivity contribution >= 4 is 16.5 Å². The lowest BCUT2D eigenvalue weighted by atomic mass is 9.93. The molecule has 0 amide bonds. The van der Waals surface area contributed by atoms with Crippen LogP contribution in [0, 0.1) is 0 Å². The van der Waals surface area contributed by atoms with E-state index in [-0.39, 0.29) is 0 Å². The first-order valence-corrected chi connectivity index (χ1v) is 8.59. The number of fused-ring (bicyclic) bond motifs is 1. The average molecular weight is 323 g/mol. The molecule has 0 N–H and O–H groups in total. The second kappa shape index (κ2) is 6.45. The highest BCUT2D eigenvalue weighted by atomic mass is 15.1. The number of rotatable bonds is 3. The molecule has 0 atom stereocenters. The molecule has 0 aliphatic heterocycles. The first-order chi connectivity index (χ1) is 12.2. The largest absolute Gasteiger partial charge is 0.377 e. The summed E-state index contributed by atoms with van der Waals surface area (Å²) in [6.45, 7) is 0. The third-order valence-corrected chi connectivity index (χ3v) is 4.65. The minimum Gasteiger partial charge on any atom is -0.377 e. The number of hydrogen-bond acceptors (Lipinski definition) is 1. The molecule has 1 heteroatoms. The lowest BCUT2D eigenvalue weighted by Crippen LogP contribution is -2.10. The van der Waals surface area contributed by atoms with Gasteiger partial charge in [-0.05, 0) is 39.6 Å². The van der Waals surface area contributed by atoms with Gasteiger partial charge in [-0.25, -0.2) is 0 Å². The van der Waals surface area contributed by atoms with E-state index in [0.717, 1.165) is 0 Å². The van der Waals surface area contributed by atoms with Gasteiger partial charge in [0.2, 0.25) is 0 Å². The highest BCUT2D eigenvalue weighted by Gasteiger charge is 2.12. The van der Waals surface area contributed by atoms with E-state index in [0.29, 0.717) is 0 Å². The number of hydrogen-bond donors (Lipinski definition) is 0. The predicted octanol–water partition coefficient (Wildman–Crippen LogP) is 6.24. The molecular formula is C24H21N. The van der Waals surface area contributed by atoms with Crippen molar-refractivity contribution in [1.29, 1.82) is 0 Å². The van der Waals surface area contributed by atoms with Crippen LogP contribution in [-0.4, -0.2) is 14.1 Å². The van der Waals surface area contributed by atoms with Crippen molar-refractivity contribution in [3.05, 3.63) is 91.0 Å². The van der Waals surface area contributed by atoms with Crippen LogP contribution < -0.4 is 4.90 Å². The summed E-state index contributed by atoms with van der Waals surface area (Å²) in [5.74, 6) is 0. The highest BCUT2D eigenvalue weighted by Crippen LogP contribution is 2.38. The van der Waals surface area contributed by atoms with Crippen LogP contribution in [0.3, 0.4) is 0 Å². The maximum atomic E-state index is 2.30. The molecule has 4 aromatic carbocycles. The number of benzene rings is 4. The van der Waals surface area contributed by atoms with Gasteiger partial charge >= 0.3 is 0 Å². The summed E-state index contributed by atoms with van der Waals surface area (Å²) in [4.78, 5) is 2.19. The molecule has 4 rings (SSSR count). The third kappa shape index (κ3) is 2.89. The summed E-state index contributed by atoms with van der Waals surface area (Å²) >= 11 is 0. The second-order valence-electron chi connectivity index (χ2n) is 6.52. The Labute approximate surface area is 149 Å². The van der Waals surface area contributed by atoms with E-state index in [1.165, 1.54) is 38.7 Å². The monoisotopic (exact) mass is 323 g/mol. The lowest BCUT2D eigenvalue weighted by molar-refractivity contribution is 1.14. The van der Waals surface area contributed by atoms with Gasteiger partial charge in [0, 0.05) is 25.3 Å². The quantitative estimate of drug-likeness (QED) is 0.431. The van der Waals surface area contributed by atoms with Gasteiger partial charge in [0.1, 0.15) is 0 Å². The Morgan fingerprint density at radius 1 is 0.560 bits per heavy atom. The molecule has 0 heterocycles. The maximum absolute atomic E-state index is 2.30. The smallest absolute Gasteiger partial charge is 0.0447 e. The van der Waals surface area contributed by atoms with Gasteiger partial charge in [0.15, 0.2) is 0 Å². The Kier molecular flexibility index (Phi) is 3.99. The van der Waals surface area contributed by atoms with Crippen LogP contribution in [0.4, 0.5) is 5.69 Å². The van der Waals surface area contributed by atoms with Gasteiger partial charge in [-0.3, -0.25) is 0 Å². The summed E-state index contributed by atoms with van der Waals surface area (Å²) in [6, 6.07) is 32.4. The Morgan fingerprint density at radius 3 is 2.04 bits per heavy atom. The Balaban J connectivity index is 1.97. The molecular weight excluding hydrogens is 302 g/mol. The van der Waals surface area contributed by atoms with E-state index in [1.54, 1.807) is 0 Å². The highest BCUT2D eigenvalue weighted by molar-refractivity contribution is 6.03. The van der Waals surface area contributed by atoms with Gasteiger partial charge in [0.25, 0.3) is 0 Å². The van der Waals surface area contributed by atoms with Crippen molar-refractivity contribution < 1.29 is 0 Å². The van der Waals surface area contributed by atoms with Crippen LogP contribution in [0.25, 0.3) is 33.0 Å². The van der Waals surface area contributed by atoms with E-state index in [1.807, 2.05) is 0 Å². The molecule has 4 aromatic rings. The topological polar surface area (TPSA) is 3.24 Å². The molecule has 122 valence electrons.